The number of anilines is 1. The predicted octanol–water partition coefficient (Wildman–Crippen LogP) is 2.70. The number of aromatic hydroxyl groups is 1. The summed E-state index contributed by atoms with van der Waals surface area (Å²) in [6.45, 7) is 2.50. The Balaban J connectivity index is 1.53. The molecule has 0 spiro atoms. The van der Waals surface area contributed by atoms with E-state index in [1.165, 1.54) is 19.0 Å². The highest BCUT2D eigenvalue weighted by molar-refractivity contribution is 6.24. The zero-order valence-electron chi connectivity index (χ0n) is 26.2. The number of likely N-dealkylation sites (N-methyl/N-ethyl adjacent to an activating group) is 1. The van der Waals surface area contributed by atoms with Gasteiger partial charge in [-0.2, -0.15) is 0 Å². The molecule has 1 fully saturated rings. The predicted molar refractivity (Wildman–Crippen MR) is 173 cm³/mol. The Hall–Kier alpha value is -4.97. The Kier molecular flexibility index (Phi) is 7.95. The quantitative estimate of drug-likeness (QED) is 0.210. The van der Waals surface area contributed by atoms with Gasteiger partial charge in [-0.15, -0.1) is 0 Å². The highest BCUT2D eigenvalue weighted by Gasteiger charge is 2.68. The van der Waals surface area contributed by atoms with Gasteiger partial charge in [-0.3, -0.25) is 19.3 Å². The summed E-state index contributed by atoms with van der Waals surface area (Å²) in [7, 11) is 2.94. The van der Waals surface area contributed by atoms with Crippen molar-refractivity contribution in [2.45, 2.75) is 43.7 Å². The van der Waals surface area contributed by atoms with E-state index in [4.69, 9.17) is 5.73 Å². The summed E-state index contributed by atoms with van der Waals surface area (Å²) in [4.78, 5) is 43.3. The number of amides is 1. The summed E-state index contributed by atoms with van der Waals surface area (Å²) in [5.41, 5.74) is 3.74. The molecule has 1 amide bonds. The zero-order chi connectivity index (χ0) is 33.9. The van der Waals surface area contributed by atoms with Crippen LogP contribution in [0.4, 0.5) is 5.69 Å². The van der Waals surface area contributed by atoms with Gasteiger partial charge >= 0.3 is 0 Å². The van der Waals surface area contributed by atoms with E-state index in [1.54, 1.807) is 19.1 Å². The van der Waals surface area contributed by atoms with Crippen LogP contribution in [0.3, 0.4) is 0 Å². The summed E-state index contributed by atoms with van der Waals surface area (Å²) in [5.74, 6) is -9.19. The fourth-order valence-electron chi connectivity index (χ4n) is 7.69. The molecule has 3 aromatic rings. The fraction of sp³-hybridized carbons (Fsp3) is 0.306. The molecule has 3 aliphatic rings. The third-order valence-electron chi connectivity index (χ3n) is 9.88. The number of nitrogens with zero attached hydrogens (tertiary/aromatic N) is 2. The Morgan fingerprint density at radius 1 is 0.894 bits per heavy atom. The summed E-state index contributed by atoms with van der Waals surface area (Å²) in [6, 6.07) is 21.3. The Morgan fingerprint density at radius 3 is 1.96 bits per heavy atom. The van der Waals surface area contributed by atoms with Crippen molar-refractivity contribution in [1.82, 2.24) is 4.90 Å². The second-order valence-corrected chi connectivity index (χ2v) is 12.8. The molecule has 6 atom stereocenters. The highest BCUT2D eigenvalue weighted by Crippen LogP contribution is 2.57. The first-order chi connectivity index (χ1) is 22.3. The van der Waals surface area contributed by atoms with Crippen molar-refractivity contribution in [3.05, 3.63) is 112 Å². The molecule has 0 radical (unpaired) electrons. The lowest BCUT2D eigenvalue weighted by Gasteiger charge is -2.53. The maximum atomic E-state index is 14.3. The molecule has 11 nitrogen and oxygen atoms in total. The third-order valence-corrected chi connectivity index (χ3v) is 9.88. The first-order valence-corrected chi connectivity index (χ1v) is 15.3. The molecule has 0 bridgehead atoms. The number of aliphatic hydroxyl groups is 4. The van der Waals surface area contributed by atoms with Crippen LogP contribution in [0.2, 0.25) is 0 Å². The molecule has 3 aromatic carbocycles. The lowest BCUT2D eigenvalue weighted by atomic mass is 9.54. The lowest BCUT2D eigenvalue weighted by Crippen LogP contribution is -2.70. The van der Waals surface area contributed by atoms with Crippen molar-refractivity contribution in [3.63, 3.8) is 0 Å². The SMILES string of the molecule is C[C@@H]1c2ccc(N(Cc3ccccc3)Cc3ccccc3)c(O)c2C(O)=C2C(=O)[C@]3(O)C(O)=C(C(N)=O)C(=O)[C@H](N(C)C)[C@H]3[C@H](O)[C@H]21. The molecular weight excluding hydrogens is 602 g/mol. The van der Waals surface area contributed by atoms with Gasteiger partial charge in [0.1, 0.15) is 22.8 Å². The Labute approximate surface area is 271 Å². The average Bonchev–Trinajstić information content (AvgIpc) is 3.03. The molecule has 0 heterocycles. The fourth-order valence-corrected chi connectivity index (χ4v) is 7.69. The van der Waals surface area contributed by atoms with Crippen molar-refractivity contribution < 1.29 is 39.9 Å². The van der Waals surface area contributed by atoms with Gasteiger partial charge in [0.05, 0.1) is 29.3 Å². The number of phenolic OH excluding ortho intramolecular Hbond substituents is 1. The van der Waals surface area contributed by atoms with Gasteiger partial charge in [-0.25, -0.2) is 0 Å². The molecule has 47 heavy (non-hydrogen) atoms. The number of rotatable bonds is 7. The van der Waals surface area contributed by atoms with Gasteiger partial charge in [0.25, 0.3) is 5.91 Å². The van der Waals surface area contributed by atoms with Crippen LogP contribution < -0.4 is 10.6 Å². The third kappa shape index (κ3) is 4.81. The van der Waals surface area contributed by atoms with Crippen LogP contribution in [0, 0.1) is 11.8 Å². The number of nitrogens with two attached hydrogens (primary N) is 1. The Morgan fingerprint density at radius 2 is 1.45 bits per heavy atom. The van der Waals surface area contributed by atoms with Gasteiger partial charge < -0.3 is 36.2 Å². The number of hydrogen-bond donors (Lipinski definition) is 6. The topological polar surface area (TPSA) is 185 Å². The van der Waals surface area contributed by atoms with Gasteiger partial charge in [0.15, 0.2) is 11.4 Å². The second kappa shape index (κ2) is 11.7. The van der Waals surface area contributed by atoms with Crippen molar-refractivity contribution in [3.8, 4) is 5.75 Å². The molecule has 1 saturated carbocycles. The molecule has 0 aliphatic heterocycles. The van der Waals surface area contributed by atoms with Crippen LogP contribution in [0.25, 0.3) is 5.76 Å². The minimum atomic E-state index is -2.97. The largest absolute Gasteiger partial charge is 0.508 e. The number of hydrogen-bond acceptors (Lipinski definition) is 10. The van der Waals surface area contributed by atoms with Gasteiger partial charge in [-0.1, -0.05) is 73.7 Å². The number of Topliss-reactive ketones (excluding diaryl/α,β-unsaturated/α-hetero) is 2. The summed E-state index contributed by atoms with van der Waals surface area (Å²) in [5, 5.41) is 58.6. The van der Waals surface area contributed by atoms with Crippen molar-refractivity contribution in [2.24, 2.45) is 17.6 Å². The van der Waals surface area contributed by atoms with Crippen LogP contribution in [0.5, 0.6) is 5.75 Å². The monoisotopic (exact) mass is 639 g/mol. The second-order valence-electron chi connectivity index (χ2n) is 12.8. The number of carbonyl (C=O) groups excluding carboxylic acids is 3. The van der Waals surface area contributed by atoms with E-state index in [1.807, 2.05) is 65.6 Å². The summed E-state index contributed by atoms with van der Waals surface area (Å²) >= 11 is 0. The smallest absolute Gasteiger partial charge is 0.255 e. The van der Waals surface area contributed by atoms with E-state index >= 15 is 0 Å². The van der Waals surface area contributed by atoms with E-state index in [2.05, 4.69) is 0 Å². The molecule has 0 aromatic heterocycles. The van der Waals surface area contributed by atoms with Crippen LogP contribution in [-0.4, -0.2) is 79.7 Å². The standard InChI is InChI=1S/C36H37N3O8/c1-18-21-14-15-22(39(16-19-10-6-4-7-11-19)17-20-12-8-5-9-13-20)29(40)24(21)30(41)25-23(18)31(42)27-28(38(2)3)32(43)26(35(37)46)34(45)36(27,47)33(25)44/h4-15,18,23,27-28,31,40-42,45,47H,16-17H2,1-3H3,(H2,37,46)/t18-,23+,27+,28-,31-,36+/m1/s1. The van der Waals surface area contributed by atoms with Crippen molar-refractivity contribution >= 4 is 28.9 Å². The number of phenols is 1. The zero-order valence-corrected chi connectivity index (χ0v) is 26.2. The van der Waals surface area contributed by atoms with Crippen LogP contribution in [-0.2, 0) is 27.5 Å². The number of benzene rings is 3. The Bertz CT molecular complexity index is 1800. The highest BCUT2D eigenvalue weighted by atomic mass is 16.4. The molecule has 11 heteroatoms. The molecule has 244 valence electrons. The van der Waals surface area contributed by atoms with Gasteiger partial charge in [0.2, 0.25) is 5.78 Å². The molecular formula is C36H37N3O8. The van der Waals surface area contributed by atoms with Crippen molar-refractivity contribution in [2.75, 3.05) is 19.0 Å². The number of fused-ring (bicyclic) bond motifs is 3. The lowest BCUT2D eigenvalue weighted by molar-refractivity contribution is -0.169. The average molecular weight is 640 g/mol. The first kappa shape index (κ1) is 32.0. The maximum Gasteiger partial charge on any atom is 0.255 e. The molecule has 3 aliphatic carbocycles. The van der Waals surface area contributed by atoms with E-state index < -0.39 is 75.6 Å². The van der Waals surface area contributed by atoms with Crippen LogP contribution in [0.1, 0.15) is 35.1 Å². The summed E-state index contributed by atoms with van der Waals surface area (Å²) in [6.07, 6.45) is -1.65. The first-order valence-electron chi connectivity index (χ1n) is 15.3. The number of aliphatic hydroxyl groups excluding tert-OH is 3. The molecule has 0 saturated heterocycles. The molecule has 0 unspecified atom stereocenters. The maximum absolute atomic E-state index is 14.3. The summed E-state index contributed by atoms with van der Waals surface area (Å²) < 4.78 is 0. The number of carbonyl (C=O) groups is 3. The van der Waals surface area contributed by atoms with E-state index in [0.29, 0.717) is 24.3 Å². The molecule has 6 rings (SSSR count). The molecule has 7 N–H and O–H groups in total. The number of primary amides is 1. The number of ketones is 2. The van der Waals surface area contributed by atoms with Gasteiger partial charge in [-0.05, 0) is 42.8 Å². The van der Waals surface area contributed by atoms with Gasteiger partial charge in [0, 0.05) is 24.6 Å². The van der Waals surface area contributed by atoms with E-state index in [-0.39, 0.29) is 11.3 Å². The van der Waals surface area contributed by atoms with Crippen LogP contribution >= 0.6 is 0 Å². The van der Waals surface area contributed by atoms with Crippen LogP contribution in [0.15, 0.2) is 89.7 Å². The normalized spacial score (nSPS) is 27.0. The van der Waals surface area contributed by atoms with E-state index in [9.17, 15) is 39.9 Å². The van der Waals surface area contributed by atoms with E-state index in [0.717, 1.165) is 11.1 Å². The minimum absolute atomic E-state index is 0.0513. The minimum Gasteiger partial charge on any atom is -0.508 e. The van der Waals surface area contributed by atoms with Crippen molar-refractivity contribution in [1.29, 1.82) is 0 Å².